The Bertz CT molecular complexity index is 2710. The van der Waals surface area contributed by atoms with E-state index in [0.717, 1.165) is 15.8 Å². The third-order valence-electron chi connectivity index (χ3n) is 11.2. The van der Waals surface area contributed by atoms with Gasteiger partial charge in [0.15, 0.2) is 6.54 Å². The highest BCUT2D eigenvalue weighted by atomic mass is 32.1. The Morgan fingerprint density at radius 2 is 0.568 bits per heavy atom. The summed E-state index contributed by atoms with van der Waals surface area (Å²) < 4.78 is 357. The Hall–Kier alpha value is -6.48. The maximum Gasteiger partial charge on any atom is 0.422 e. The molecule has 1 nitrogen and oxygen atoms in total. The van der Waals surface area contributed by atoms with Crippen LogP contribution >= 0.6 is 11.3 Å². The lowest BCUT2D eigenvalue weighted by atomic mass is 9.12. The maximum atomic E-state index is 14.2. The fourth-order valence-electron chi connectivity index (χ4n) is 7.99. The van der Waals surface area contributed by atoms with Crippen LogP contribution in [0.5, 0.6) is 0 Å². The zero-order valence-corrected chi connectivity index (χ0v) is 36.5. The number of rotatable bonds is 6. The molecule has 0 bridgehead atoms. The van der Waals surface area contributed by atoms with Crippen LogP contribution in [-0.4, -0.2) is 6.15 Å². The summed E-state index contributed by atoms with van der Waals surface area (Å²) >= 11 is 1.19. The van der Waals surface area contributed by atoms with Crippen molar-refractivity contribution in [2.75, 3.05) is 0 Å². The molecule has 0 radical (unpaired) electrons. The number of alkyl halides is 24. The van der Waals surface area contributed by atoms with Crippen molar-refractivity contribution in [3.8, 4) is 0 Å². The van der Waals surface area contributed by atoms with E-state index in [2.05, 4.69) is 0 Å². The second-order valence-electron chi connectivity index (χ2n) is 16.1. The van der Waals surface area contributed by atoms with Gasteiger partial charge in [0.2, 0.25) is 5.52 Å². The van der Waals surface area contributed by atoms with Crippen molar-refractivity contribution in [2.24, 2.45) is 0 Å². The fourth-order valence-corrected chi connectivity index (χ4v) is 8.87. The summed E-state index contributed by atoms with van der Waals surface area (Å²) in [4.78, 5) is 0. The summed E-state index contributed by atoms with van der Waals surface area (Å²) in [5.74, 6) is 0. The van der Waals surface area contributed by atoms with E-state index in [0.29, 0.717) is 6.54 Å². The molecule has 7 aromatic rings. The van der Waals surface area contributed by atoms with E-state index in [9.17, 15) is 110 Å². The van der Waals surface area contributed by atoms with Crippen LogP contribution in [0, 0.1) is 5.26 Å². The van der Waals surface area contributed by atoms with Crippen LogP contribution in [0.2, 0.25) is 0 Å². The van der Waals surface area contributed by atoms with Gasteiger partial charge in [-0.25, -0.2) is 0 Å². The topological polar surface area (TPSA) is 3.88 Å². The minimum atomic E-state index is -6.13. The zero-order chi connectivity index (χ0) is 55.6. The molecule has 0 aliphatic rings. The number of aromatic nitrogens is 1. The first-order valence-electron chi connectivity index (χ1n) is 20.1. The molecular formula is C46H23BF25NS. The van der Waals surface area contributed by atoms with Gasteiger partial charge in [0, 0.05) is 11.6 Å². The zero-order valence-electron chi connectivity index (χ0n) is 35.7. The Labute approximate surface area is 402 Å². The van der Waals surface area contributed by atoms with Gasteiger partial charge in [-0.05, 0) is 41.7 Å². The monoisotopic (exact) mass is 1110 g/mol. The van der Waals surface area contributed by atoms with Crippen molar-refractivity contribution in [3.63, 3.8) is 0 Å². The van der Waals surface area contributed by atoms with E-state index in [4.69, 9.17) is 0 Å². The van der Waals surface area contributed by atoms with E-state index in [-0.39, 0.29) is 5.26 Å². The molecule has 0 amide bonds. The second kappa shape index (κ2) is 19.3. The number of hydrogen-bond donors (Lipinski definition) is 0. The predicted molar refractivity (Wildman–Crippen MR) is 218 cm³/mol. The molecule has 396 valence electrons. The molecule has 7 rings (SSSR count). The molecule has 0 spiro atoms. The minimum Gasteiger partial charge on any atom is -0.194 e. The lowest BCUT2D eigenvalue weighted by molar-refractivity contribution is -0.685. The molecule has 0 unspecified atom stereocenters. The molecule has 0 N–H and O–H groups in total. The van der Waals surface area contributed by atoms with Crippen molar-refractivity contribution in [3.05, 3.63) is 183 Å². The van der Waals surface area contributed by atoms with E-state index in [1.165, 1.54) is 11.3 Å². The summed E-state index contributed by atoms with van der Waals surface area (Å²) in [6.45, 7) is 0.580. The summed E-state index contributed by atoms with van der Waals surface area (Å²) in [6.07, 6.45) is -54.8. The summed E-state index contributed by atoms with van der Waals surface area (Å²) in [7, 11) is 0. The number of halogens is 25. The van der Waals surface area contributed by atoms with Gasteiger partial charge >= 0.3 is 54.7 Å². The van der Waals surface area contributed by atoms with Crippen LogP contribution in [0.1, 0.15) is 50.1 Å². The highest BCUT2D eigenvalue weighted by Gasteiger charge is 2.47. The number of thiazole rings is 1. The third-order valence-corrected chi connectivity index (χ3v) is 12.1. The van der Waals surface area contributed by atoms with Crippen molar-refractivity contribution in [2.45, 2.75) is 56.0 Å². The van der Waals surface area contributed by atoms with Crippen molar-refractivity contribution in [1.29, 1.82) is 0 Å². The van der Waals surface area contributed by atoms with E-state index in [1.807, 2.05) is 54.6 Å². The summed E-state index contributed by atoms with van der Waals surface area (Å²) in [5.41, 5.74) is -28.1. The van der Waals surface area contributed by atoms with Crippen LogP contribution in [0.15, 0.2) is 127 Å². The highest BCUT2D eigenvalue weighted by molar-refractivity contribution is 7.20. The second-order valence-corrected chi connectivity index (χ2v) is 17.1. The third kappa shape index (κ3) is 12.4. The Morgan fingerprint density at radius 3 is 0.824 bits per heavy atom. The van der Waals surface area contributed by atoms with Gasteiger partial charge in [0.1, 0.15) is 10.8 Å². The van der Waals surface area contributed by atoms with E-state index < -0.39 is 195 Å². The molecule has 28 heteroatoms. The Morgan fingerprint density at radius 1 is 0.324 bits per heavy atom. The average molecular weight is 1110 g/mol. The maximum absolute atomic E-state index is 14.2. The number of hydrogen-bond acceptors (Lipinski definition) is 1. The normalized spacial score (nSPS) is 13.5. The lowest BCUT2D eigenvalue weighted by Crippen LogP contribution is -2.75. The minimum absolute atomic E-state index is 0.143. The quantitative estimate of drug-likeness (QED) is 0.0888. The average Bonchev–Trinajstić information content (AvgIpc) is 3.58. The number of fused-ring (bicyclic) bond motifs is 1. The van der Waals surface area contributed by atoms with Crippen molar-refractivity contribution in [1.82, 2.24) is 0 Å². The Balaban J connectivity index is 0.000000436. The van der Waals surface area contributed by atoms with Gasteiger partial charge < -0.3 is 0 Å². The molecule has 74 heavy (non-hydrogen) atoms. The highest BCUT2D eigenvalue weighted by Crippen LogP contribution is 2.41. The van der Waals surface area contributed by atoms with Gasteiger partial charge in [0.25, 0.3) is 0 Å². The molecule has 0 aliphatic heterocycles. The van der Waals surface area contributed by atoms with Gasteiger partial charge in [-0.2, -0.15) is 132 Å². The molecule has 1 aromatic heterocycles. The fraction of sp³-hybridized carbons (Fsp3) is 0.196. The number of para-hydroxylation sites is 1. The predicted octanol–water partition coefficient (Wildman–Crippen LogP) is 14.6. The van der Waals surface area contributed by atoms with Gasteiger partial charge in [-0.15, -0.1) is 4.39 Å². The van der Waals surface area contributed by atoms with Crippen LogP contribution < -0.4 is 26.4 Å². The molecular weight excluding hydrogens is 1080 g/mol. The summed E-state index contributed by atoms with van der Waals surface area (Å²) in [6, 6.07) is 8.91. The number of nitrogens with zero attached hydrogens (tertiary/aromatic N) is 1. The van der Waals surface area contributed by atoms with Crippen LogP contribution in [-0.2, 0) is 56.0 Å². The van der Waals surface area contributed by atoms with E-state index in [1.54, 1.807) is 4.57 Å². The summed E-state index contributed by atoms with van der Waals surface area (Å²) in [5, 5.41) is -0.143. The van der Waals surface area contributed by atoms with Gasteiger partial charge in [-0.3, -0.25) is 0 Å². The number of benzene rings is 6. The van der Waals surface area contributed by atoms with Gasteiger partial charge in [-0.1, -0.05) is 91.0 Å². The van der Waals surface area contributed by atoms with Crippen LogP contribution in [0.25, 0.3) is 10.2 Å². The SMILES string of the molecule is FC(F)(F)c1cc([B-](c2cc(C(F)(F)F)cc(C(F)(F)F)c2)(c2cc(C(F)(F)F)cc(C(F)(F)F)c2)c2cc(C(F)(F)F)cc(C(F)(F)F)c2)cc(C(F)(F)F)c1.Fc1sc2ccccc2[n+]1Cc1ccccc1. The smallest absolute Gasteiger partial charge is 0.194 e. The van der Waals surface area contributed by atoms with Crippen molar-refractivity contribution >= 4 is 49.6 Å². The first-order chi connectivity index (χ1) is 33.6. The van der Waals surface area contributed by atoms with Crippen molar-refractivity contribution < 1.29 is 114 Å². The Kier molecular flexibility index (Phi) is 14.8. The molecule has 6 aromatic carbocycles. The largest absolute Gasteiger partial charge is 0.422 e. The molecule has 0 saturated heterocycles. The first-order valence-corrected chi connectivity index (χ1v) is 20.9. The van der Waals surface area contributed by atoms with Crippen LogP contribution in [0.4, 0.5) is 110 Å². The van der Waals surface area contributed by atoms with Gasteiger partial charge in [0.05, 0.1) is 44.5 Å². The molecule has 0 fully saturated rings. The lowest BCUT2D eigenvalue weighted by Gasteiger charge is -2.46. The standard InChI is InChI=1S/C32H12BF24.C14H11FNS/c34-25(35,36)13-1-14(26(37,38)39)6-21(5-13)33(22-7-15(27(40,41)42)2-16(8-22)28(43,44)45,23-9-17(29(46,47)48)3-18(10-23)30(49,50)51)24-11-19(31(52,53)54)4-20(12-24)32(55,56)57;15-14-16(10-11-6-2-1-3-7-11)12-8-4-5-9-13(12)17-14/h1-12H;1-9H,10H2/q-1;+1. The first kappa shape index (κ1) is 56.8. The van der Waals surface area contributed by atoms with E-state index >= 15 is 0 Å². The van der Waals surface area contributed by atoms with Crippen LogP contribution in [0.3, 0.4) is 0 Å². The molecule has 1 heterocycles. The molecule has 0 saturated carbocycles. The molecule has 0 aliphatic carbocycles. The molecule has 0 atom stereocenters.